The summed E-state index contributed by atoms with van der Waals surface area (Å²) in [7, 11) is 0. The van der Waals surface area contributed by atoms with Gasteiger partial charge in [0, 0.05) is 21.4 Å². The second-order valence-electron chi connectivity index (χ2n) is 4.93. The van der Waals surface area contributed by atoms with E-state index in [1.54, 1.807) is 0 Å². The fourth-order valence-corrected chi connectivity index (χ4v) is 3.27. The first-order chi connectivity index (χ1) is 10.1. The van der Waals surface area contributed by atoms with Gasteiger partial charge in [-0.1, -0.05) is 24.6 Å². The normalized spacial score (nSPS) is 11.2. The van der Waals surface area contributed by atoms with E-state index in [1.165, 1.54) is 0 Å². The number of aromatic nitrogens is 2. The summed E-state index contributed by atoms with van der Waals surface area (Å²) in [6.07, 6.45) is 1.01. The molecule has 108 valence electrons. The van der Waals surface area contributed by atoms with Gasteiger partial charge in [0.2, 0.25) is 0 Å². The van der Waals surface area contributed by atoms with Gasteiger partial charge in [0.05, 0.1) is 16.1 Å². The number of anilines is 1. The van der Waals surface area contributed by atoms with Crippen molar-refractivity contribution in [2.75, 3.05) is 5.73 Å². The molecule has 0 fully saturated rings. The smallest absolute Gasteiger partial charge is 0.143 e. The lowest BCUT2D eigenvalue weighted by Gasteiger charge is -2.10. The number of imidazole rings is 1. The van der Waals surface area contributed by atoms with Crippen LogP contribution in [0.25, 0.3) is 22.4 Å². The van der Waals surface area contributed by atoms with Crippen LogP contribution in [-0.2, 0) is 6.54 Å². The van der Waals surface area contributed by atoms with E-state index in [1.807, 2.05) is 30.3 Å². The highest BCUT2D eigenvalue weighted by Gasteiger charge is 2.16. The molecule has 2 aromatic carbocycles. The molecule has 0 unspecified atom stereocenters. The summed E-state index contributed by atoms with van der Waals surface area (Å²) in [5.74, 6) is 0.885. The van der Waals surface area contributed by atoms with Crippen LogP contribution in [0.4, 0.5) is 5.69 Å². The molecule has 0 atom stereocenters. The number of halogens is 2. The molecule has 0 aliphatic carbocycles. The summed E-state index contributed by atoms with van der Waals surface area (Å²) in [5.41, 5.74) is 9.74. The molecule has 0 aliphatic rings. The zero-order chi connectivity index (χ0) is 15.0. The molecule has 3 nitrogen and oxygen atoms in total. The van der Waals surface area contributed by atoms with Gasteiger partial charge in [-0.25, -0.2) is 4.98 Å². The van der Waals surface area contributed by atoms with E-state index in [0.717, 1.165) is 49.7 Å². The van der Waals surface area contributed by atoms with Crippen LogP contribution in [0.2, 0.25) is 5.02 Å². The Morgan fingerprint density at radius 2 is 2.10 bits per heavy atom. The van der Waals surface area contributed by atoms with E-state index in [2.05, 4.69) is 40.1 Å². The van der Waals surface area contributed by atoms with Gasteiger partial charge < -0.3 is 10.3 Å². The molecule has 5 heteroatoms. The Labute approximate surface area is 142 Å². The summed E-state index contributed by atoms with van der Waals surface area (Å²) < 4.78 is 3.30. The van der Waals surface area contributed by atoms with Crippen molar-refractivity contribution >= 4 is 50.9 Å². The zero-order valence-electron chi connectivity index (χ0n) is 11.6. The van der Waals surface area contributed by atoms with E-state index in [0.29, 0.717) is 0 Å². The first kappa shape index (κ1) is 14.7. The van der Waals surface area contributed by atoms with Crippen LogP contribution in [0, 0.1) is 3.57 Å². The van der Waals surface area contributed by atoms with Crippen molar-refractivity contribution in [2.45, 2.75) is 19.9 Å². The van der Waals surface area contributed by atoms with Crippen LogP contribution in [0.5, 0.6) is 0 Å². The van der Waals surface area contributed by atoms with Crippen LogP contribution in [-0.4, -0.2) is 9.55 Å². The molecular formula is C16H15ClIN3. The lowest BCUT2D eigenvalue weighted by Crippen LogP contribution is -2.02. The summed E-state index contributed by atoms with van der Waals surface area (Å²) in [6, 6.07) is 11.8. The topological polar surface area (TPSA) is 43.8 Å². The number of hydrogen-bond donors (Lipinski definition) is 1. The highest BCUT2D eigenvalue weighted by molar-refractivity contribution is 14.1. The van der Waals surface area contributed by atoms with Crippen molar-refractivity contribution < 1.29 is 0 Å². The van der Waals surface area contributed by atoms with E-state index < -0.39 is 0 Å². The van der Waals surface area contributed by atoms with Crippen molar-refractivity contribution in [3.05, 3.63) is 45.0 Å². The number of hydrogen-bond acceptors (Lipinski definition) is 2. The monoisotopic (exact) mass is 411 g/mol. The van der Waals surface area contributed by atoms with Gasteiger partial charge in [0.25, 0.3) is 0 Å². The number of aryl methyl sites for hydroxylation is 1. The van der Waals surface area contributed by atoms with E-state index in [4.69, 9.17) is 22.3 Å². The predicted molar refractivity (Wildman–Crippen MR) is 97.6 cm³/mol. The maximum Gasteiger partial charge on any atom is 0.143 e. The van der Waals surface area contributed by atoms with Crippen molar-refractivity contribution in [1.82, 2.24) is 9.55 Å². The summed E-state index contributed by atoms with van der Waals surface area (Å²) in [6.45, 7) is 3.01. The number of nitrogen functional groups attached to an aromatic ring is 1. The lowest BCUT2D eigenvalue weighted by molar-refractivity contribution is 0.704. The van der Waals surface area contributed by atoms with Gasteiger partial charge in [-0.05, 0) is 59.3 Å². The molecule has 0 saturated carbocycles. The van der Waals surface area contributed by atoms with Crippen molar-refractivity contribution in [1.29, 1.82) is 0 Å². The van der Waals surface area contributed by atoms with Gasteiger partial charge in [-0.15, -0.1) is 0 Å². The average molecular weight is 412 g/mol. The molecule has 1 aromatic heterocycles. The molecule has 21 heavy (non-hydrogen) atoms. The largest absolute Gasteiger partial charge is 0.398 e. The summed E-state index contributed by atoms with van der Waals surface area (Å²) >= 11 is 8.66. The minimum Gasteiger partial charge on any atom is -0.398 e. The molecule has 2 N–H and O–H groups in total. The second kappa shape index (κ2) is 5.85. The highest BCUT2D eigenvalue weighted by atomic mass is 127. The Morgan fingerprint density at radius 3 is 2.86 bits per heavy atom. The average Bonchev–Trinajstić information content (AvgIpc) is 2.82. The third-order valence-corrected chi connectivity index (χ3v) is 4.40. The standard InChI is InChI=1S/C16H15ClIN3/c1-2-8-21-15-12(17)4-3-5-14(15)20-16(21)11-9-10(18)6-7-13(11)19/h3-7,9H,2,8,19H2,1H3. The fraction of sp³-hybridized carbons (Fsp3) is 0.188. The number of benzene rings is 2. The van der Waals surface area contributed by atoms with Gasteiger partial charge in [-0.3, -0.25) is 0 Å². The minimum atomic E-state index is 0.726. The van der Waals surface area contributed by atoms with Crippen LogP contribution in [0.15, 0.2) is 36.4 Å². The number of nitrogens with two attached hydrogens (primary N) is 1. The van der Waals surface area contributed by atoms with Crippen LogP contribution in [0.3, 0.4) is 0 Å². The van der Waals surface area contributed by atoms with E-state index >= 15 is 0 Å². The third-order valence-electron chi connectivity index (χ3n) is 3.42. The molecule has 3 aromatic rings. The van der Waals surface area contributed by atoms with Gasteiger partial charge in [0.1, 0.15) is 5.82 Å². The molecule has 3 rings (SSSR count). The van der Waals surface area contributed by atoms with Gasteiger partial charge in [0.15, 0.2) is 0 Å². The van der Waals surface area contributed by atoms with Gasteiger partial charge >= 0.3 is 0 Å². The second-order valence-corrected chi connectivity index (χ2v) is 6.58. The molecular weight excluding hydrogens is 397 g/mol. The Balaban J connectivity index is 2.34. The number of rotatable bonds is 3. The van der Waals surface area contributed by atoms with Gasteiger partial charge in [-0.2, -0.15) is 0 Å². The maximum atomic E-state index is 6.38. The van der Waals surface area contributed by atoms with E-state index in [-0.39, 0.29) is 0 Å². The number of nitrogens with zero attached hydrogens (tertiary/aromatic N) is 2. The molecule has 1 heterocycles. The first-order valence-electron chi connectivity index (χ1n) is 6.82. The minimum absolute atomic E-state index is 0.726. The van der Waals surface area contributed by atoms with Crippen LogP contribution in [0.1, 0.15) is 13.3 Å². The fourth-order valence-electron chi connectivity index (χ4n) is 2.51. The Morgan fingerprint density at radius 1 is 1.29 bits per heavy atom. The number of para-hydroxylation sites is 1. The molecule has 0 radical (unpaired) electrons. The van der Waals surface area contributed by atoms with E-state index in [9.17, 15) is 0 Å². The summed E-state index contributed by atoms with van der Waals surface area (Å²) in [4.78, 5) is 4.76. The summed E-state index contributed by atoms with van der Waals surface area (Å²) in [5, 5.41) is 0.726. The van der Waals surface area contributed by atoms with Crippen LogP contribution < -0.4 is 5.73 Å². The highest BCUT2D eigenvalue weighted by Crippen LogP contribution is 2.33. The molecule has 0 bridgehead atoms. The molecule has 0 saturated heterocycles. The van der Waals surface area contributed by atoms with Crippen molar-refractivity contribution in [3.8, 4) is 11.4 Å². The SMILES string of the molecule is CCCn1c(-c2cc(I)ccc2N)nc2cccc(Cl)c21. The predicted octanol–water partition coefficient (Wildman–Crippen LogP) is 4.95. The Kier molecular flexibility index (Phi) is 4.08. The van der Waals surface area contributed by atoms with Crippen molar-refractivity contribution in [2.24, 2.45) is 0 Å². The van der Waals surface area contributed by atoms with Crippen LogP contribution >= 0.6 is 34.2 Å². The third kappa shape index (κ3) is 2.62. The number of fused-ring (bicyclic) bond motifs is 1. The molecule has 0 aliphatic heterocycles. The Hall–Kier alpha value is -1.27. The molecule has 0 amide bonds. The first-order valence-corrected chi connectivity index (χ1v) is 8.27. The molecule has 0 spiro atoms. The quantitative estimate of drug-likeness (QED) is 0.489. The Bertz CT molecular complexity index is 811. The lowest BCUT2D eigenvalue weighted by atomic mass is 10.1. The zero-order valence-corrected chi connectivity index (χ0v) is 14.5. The van der Waals surface area contributed by atoms with Crippen molar-refractivity contribution in [3.63, 3.8) is 0 Å². The maximum absolute atomic E-state index is 6.38.